The minimum atomic E-state index is 0.164. The molecule has 4 aromatic rings. The van der Waals surface area contributed by atoms with Crippen molar-refractivity contribution in [1.29, 1.82) is 5.26 Å². The van der Waals surface area contributed by atoms with Crippen LogP contribution in [0.2, 0.25) is 0 Å². The van der Waals surface area contributed by atoms with E-state index in [-0.39, 0.29) is 11.5 Å². The number of aromatic nitrogens is 2. The number of rotatable bonds is 3. The Labute approximate surface area is 137 Å². The maximum absolute atomic E-state index is 9.41. The zero-order valence-electron chi connectivity index (χ0n) is 12.5. The molecular weight excluding hydrogens is 302 g/mol. The zero-order valence-corrected chi connectivity index (χ0v) is 12.5. The summed E-state index contributed by atoms with van der Waals surface area (Å²) in [6.07, 6.45) is 1.60. The Morgan fingerprint density at radius 1 is 1.04 bits per heavy atom. The van der Waals surface area contributed by atoms with Gasteiger partial charge in [-0.25, -0.2) is 0 Å². The molecule has 2 aromatic carbocycles. The Kier molecular flexibility index (Phi) is 3.41. The number of benzene rings is 2. The fraction of sp³-hybridized carbons (Fsp3) is 0. The Hall–Kier alpha value is -3.65. The van der Waals surface area contributed by atoms with Crippen molar-refractivity contribution in [2.24, 2.45) is 0 Å². The second-order valence-corrected chi connectivity index (χ2v) is 5.15. The van der Waals surface area contributed by atoms with E-state index in [9.17, 15) is 5.26 Å². The molecule has 0 atom stereocenters. The van der Waals surface area contributed by atoms with Crippen LogP contribution in [-0.2, 0) is 0 Å². The fourth-order valence-corrected chi connectivity index (χ4v) is 2.39. The van der Waals surface area contributed by atoms with Gasteiger partial charge in [0.1, 0.15) is 23.0 Å². The molecular formula is C19H11N3O2. The molecule has 2 heterocycles. The summed E-state index contributed by atoms with van der Waals surface area (Å²) < 4.78 is 10.9. The van der Waals surface area contributed by atoms with Crippen LogP contribution in [-0.4, -0.2) is 10.1 Å². The predicted molar refractivity (Wildman–Crippen MR) is 89.4 cm³/mol. The zero-order chi connectivity index (χ0) is 16.4. The van der Waals surface area contributed by atoms with Crippen molar-refractivity contribution in [2.75, 3.05) is 0 Å². The molecule has 0 amide bonds. The number of nitrogens with zero attached hydrogens (tertiary/aromatic N) is 3. The molecule has 114 valence electrons. The van der Waals surface area contributed by atoms with Crippen molar-refractivity contribution in [3.63, 3.8) is 0 Å². The minimum Gasteiger partial charge on any atom is -0.457 e. The van der Waals surface area contributed by atoms with Crippen LogP contribution in [0.5, 0.6) is 0 Å². The van der Waals surface area contributed by atoms with E-state index in [1.54, 1.807) is 6.08 Å². The summed E-state index contributed by atoms with van der Waals surface area (Å²) in [6, 6.07) is 21.0. The molecule has 5 heteroatoms. The molecule has 0 spiro atoms. The van der Waals surface area contributed by atoms with Gasteiger partial charge in [-0.15, -0.1) is 0 Å². The molecule has 0 aliphatic heterocycles. The van der Waals surface area contributed by atoms with Crippen molar-refractivity contribution in [1.82, 2.24) is 10.1 Å². The maximum Gasteiger partial charge on any atom is 0.269 e. The monoisotopic (exact) mass is 313 g/mol. The van der Waals surface area contributed by atoms with Gasteiger partial charge in [-0.1, -0.05) is 53.7 Å². The van der Waals surface area contributed by atoms with Gasteiger partial charge in [-0.3, -0.25) is 0 Å². The van der Waals surface area contributed by atoms with E-state index < -0.39 is 0 Å². The van der Waals surface area contributed by atoms with Gasteiger partial charge >= 0.3 is 0 Å². The molecule has 0 fully saturated rings. The minimum absolute atomic E-state index is 0.164. The van der Waals surface area contributed by atoms with E-state index in [1.165, 1.54) is 0 Å². The Bertz CT molecular complexity index is 1040. The van der Waals surface area contributed by atoms with Gasteiger partial charge in [0, 0.05) is 17.0 Å². The van der Waals surface area contributed by atoms with Gasteiger partial charge in [0.2, 0.25) is 5.82 Å². The molecule has 2 aromatic heterocycles. The average molecular weight is 313 g/mol. The number of hydrogen-bond acceptors (Lipinski definition) is 5. The number of para-hydroxylation sites is 1. The van der Waals surface area contributed by atoms with E-state index in [0.717, 1.165) is 16.5 Å². The van der Waals surface area contributed by atoms with E-state index >= 15 is 0 Å². The Balaban J connectivity index is 1.71. The van der Waals surface area contributed by atoms with Gasteiger partial charge in [0.25, 0.3) is 5.89 Å². The normalized spacial score (nSPS) is 11.5. The van der Waals surface area contributed by atoms with Crippen molar-refractivity contribution in [3.05, 3.63) is 72.3 Å². The van der Waals surface area contributed by atoms with Crippen molar-refractivity contribution >= 4 is 22.6 Å². The predicted octanol–water partition coefficient (Wildman–Crippen LogP) is 4.55. The highest BCUT2D eigenvalue weighted by Gasteiger charge is 2.13. The first-order chi connectivity index (χ1) is 11.8. The lowest BCUT2D eigenvalue weighted by Crippen LogP contribution is -1.83. The van der Waals surface area contributed by atoms with Gasteiger partial charge in [-0.05, 0) is 12.1 Å². The molecule has 0 bridgehead atoms. The van der Waals surface area contributed by atoms with E-state index in [0.29, 0.717) is 11.6 Å². The molecule has 5 nitrogen and oxygen atoms in total. The van der Waals surface area contributed by atoms with Crippen LogP contribution >= 0.6 is 0 Å². The molecule has 0 unspecified atom stereocenters. The third-order valence-electron chi connectivity index (χ3n) is 3.54. The van der Waals surface area contributed by atoms with E-state index in [2.05, 4.69) is 16.2 Å². The summed E-state index contributed by atoms with van der Waals surface area (Å²) in [5.74, 6) is 1.17. The van der Waals surface area contributed by atoms with Gasteiger partial charge in [-0.2, -0.15) is 10.2 Å². The SMILES string of the molecule is N#C/C(=C\c1cc2ccccc2o1)c1nc(-c2ccccc2)no1. The average Bonchev–Trinajstić information content (AvgIpc) is 3.27. The smallest absolute Gasteiger partial charge is 0.269 e. The third-order valence-corrected chi connectivity index (χ3v) is 3.54. The quantitative estimate of drug-likeness (QED) is 0.519. The molecule has 0 saturated heterocycles. The first-order valence-electron chi connectivity index (χ1n) is 7.33. The molecule has 0 radical (unpaired) electrons. The number of furan rings is 1. The Morgan fingerprint density at radius 2 is 1.83 bits per heavy atom. The summed E-state index contributed by atoms with van der Waals surface area (Å²) in [5.41, 5.74) is 1.84. The Morgan fingerprint density at radius 3 is 2.62 bits per heavy atom. The molecule has 0 aliphatic rings. The first kappa shape index (κ1) is 14.0. The lowest BCUT2D eigenvalue weighted by molar-refractivity contribution is 0.409. The summed E-state index contributed by atoms with van der Waals surface area (Å²) >= 11 is 0. The summed E-state index contributed by atoms with van der Waals surface area (Å²) in [7, 11) is 0. The van der Waals surface area contributed by atoms with Crippen LogP contribution in [0.3, 0.4) is 0 Å². The largest absolute Gasteiger partial charge is 0.457 e. The second-order valence-electron chi connectivity index (χ2n) is 5.15. The van der Waals surface area contributed by atoms with Gasteiger partial charge in [0.15, 0.2) is 0 Å². The van der Waals surface area contributed by atoms with E-state index in [1.807, 2.05) is 60.7 Å². The summed E-state index contributed by atoms with van der Waals surface area (Å²) in [6.45, 7) is 0. The molecule has 0 aliphatic carbocycles. The molecule has 4 rings (SSSR count). The van der Waals surface area contributed by atoms with Crippen molar-refractivity contribution in [2.45, 2.75) is 0 Å². The van der Waals surface area contributed by atoms with Crippen molar-refractivity contribution < 1.29 is 8.94 Å². The maximum atomic E-state index is 9.41. The molecule has 0 saturated carbocycles. The highest BCUT2D eigenvalue weighted by Crippen LogP contribution is 2.24. The standard InChI is InChI=1S/C19H11N3O2/c20-12-15(11-16-10-14-8-4-5-9-17(14)23-16)19-21-18(22-24-19)13-6-2-1-3-7-13/h1-11H/b15-11+. The summed E-state index contributed by atoms with van der Waals surface area (Å²) in [5, 5.41) is 14.3. The topological polar surface area (TPSA) is 75.8 Å². The molecule has 24 heavy (non-hydrogen) atoms. The highest BCUT2D eigenvalue weighted by molar-refractivity contribution is 5.88. The van der Waals surface area contributed by atoms with Crippen LogP contribution in [0.15, 0.2) is 69.6 Å². The van der Waals surface area contributed by atoms with Crippen LogP contribution in [0.4, 0.5) is 0 Å². The number of hydrogen-bond donors (Lipinski definition) is 0. The van der Waals surface area contributed by atoms with Crippen LogP contribution in [0.1, 0.15) is 11.7 Å². The van der Waals surface area contributed by atoms with Crippen LogP contribution in [0.25, 0.3) is 34.0 Å². The highest BCUT2D eigenvalue weighted by atomic mass is 16.5. The number of nitriles is 1. The van der Waals surface area contributed by atoms with Crippen molar-refractivity contribution in [3.8, 4) is 17.5 Å². The first-order valence-corrected chi connectivity index (χ1v) is 7.33. The lowest BCUT2D eigenvalue weighted by Gasteiger charge is -1.91. The number of fused-ring (bicyclic) bond motifs is 1. The van der Waals surface area contributed by atoms with Gasteiger partial charge < -0.3 is 8.94 Å². The lowest BCUT2D eigenvalue weighted by atomic mass is 10.2. The third kappa shape index (κ3) is 2.57. The second kappa shape index (κ2) is 5.86. The molecule has 0 N–H and O–H groups in total. The number of allylic oxidation sites excluding steroid dienone is 1. The van der Waals surface area contributed by atoms with E-state index in [4.69, 9.17) is 8.94 Å². The van der Waals surface area contributed by atoms with Gasteiger partial charge in [0.05, 0.1) is 0 Å². The summed E-state index contributed by atoms with van der Waals surface area (Å²) in [4.78, 5) is 4.29. The van der Waals surface area contributed by atoms with Crippen LogP contribution < -0.4 is 0 Å². The fourth-order valence-electron chi connectivity index (χ4n) is 2.39. The van der Waals surface area contributed by atoms with Crippen LogP contribution in [0, 0.1) is 11.3 Å².